The molecule has 0 spiro atoms. The van der Waals surface area contributed by atoms with E-state index in [1.807, 2.05) is 7.05 Å². The lowest BCUT2D eigenvalue weighted by Gasteiger charge is -2.26. The molecule has 4 heteroatoms. The Balaban J connectivity index is 2.95. The van der Waals surface area contributed by atoms with E-state index < -0.39 is 11.8 Å². The quantitative estimate of drug-likeness (QED) is 0.846. The molecule has 1 N–H and O–H groups in total. The second-order valence-electron chi connectivity index (χ2n) is 4.49. The molecule has 0 heterocycles. The van der Waals surface area contributed by atoms with Gasteiger partial charge in [-0.1, -0.05) is 13.8 Å². The molecule has 0 aliphatic heterocycles. The predicted molar refractivity (Wildman–Crippen MR) is 69.2 cm³/mol. The lowest BCUT2D eigenvalue weighted by molar-refractivity contribution is 0.0694. The van der Waals surface area contributed by atoms with E-state index in [9.17, 15) is 9.18 Å². The molecule has 18 heavy (non-hydrogen) atoms. The summed E-state index contributed by atoms with van der Waals surface area (Å²) < 4.78 is 13.2. The predicted octanol–water partition coefficient (Wildman–Crippen LogP) is 3.14. The highest BCUT2D eigenvalue weighted by Crippen LogP contribution is 2.16. The molecule has 0 aliphatic rings. The van der Waals surface area contributed by atoms with Crippen molar-refractivity contribution in [1.82, 2.24) is 4.90 Å². The summed E-state index contributed by atoms with van der Waals surface area (Å²) in [6, 6.07) is 4.20. The van der Waals surface area contributed by atoms with E-state index >= 15 is 0 Å². The highest BCUT2D eigenvalue weighted by atomic mass is 19.1. The Labute approximate surface area is 107 Å². The molecule has 3 nitrogen and oxygen atoms in total. The number of carbonyl (C=O) groups is 1. The number of nitrogens with zero attached hydrogens (tertiary/aromatic N) is 1. The summed E-state index contributed by atoms with van der Waals surface area (Å²) in [5.41, 5.74) is 0.700. The minimum atomic E-state index is -1.01. The molecule has 0 fully saturated rings. The van der Waals surface area contributed by atoms with E-state index in [-0.39, 0.29) is 5.56 Å². The molecule has 1 rings (SSSR count). The van der Waals surface area contributed by atoms with Crippen LogP contribution in [0.5, 0.6) is 0 Å². The van der Waals surface area contributed by atoms with Crippen LogP contribution in [0.2, 0.25) is 0 Å². The molecule has 0 aromatic heterocycles. The summed E-state index contributed by atoms with van der Waals surface area (Å²) in [6.45, 7) is 4.63. The summed E-state index contributed by atoms with van der Waals surface area (Å²) in [6.07, 6.45) is 1.98. The maximum absolute atomic E-state index is 13.2. The van der Waals surface area contributed by atoms with Gasteiger partial charge in [0, 0.05) is 12.6 Å². The average molecular weight is 253 g/mol. The topological polar surface area (TPSA) is 40.5 Å². The molecule has 0 saturated heterocycles. The summed E-state index contributed by atoms with van der Waals surface area (Å²) in [4.78, 5) is 13.2. The van der Waals surface area contributed by atoms with Crippen molar-refractivity contribution in [3.05, 3.63) is 35.1 Å². The first kappa shape index (κ1) is 14.6. The van der Waals surface area contributed by atoms with Crippen molar-refractivity contribution < 1.29 is 14.3 Å². The Kier molecular flexibility index (Phi) is 5.28. The van der Waals surface area contributed by atoms with Gasteiger partial charge < -0.3 is 5.11 Å². The average Bonchev–Trinajstić information content (AvgIpc) is 2.30. The largest absolute Gasteiger partial charge is 0.478 e. The zero-order valence-corrected chi connectivity index (χ0v) is 11.1. The van der Waals surface area contributed by atoms with Gasteiger partial charge in [-0.3, -0.25) is 4.90 Å². The van der Waals surface area contributed by atoms with Crippen molar-refractivity contribution in [2.45, 2.75) is 39.3 Å². The maximum atomic E-state index is 13.2. The van der Waals surface area contributed by atoms with Gasteiger partial charge in [-0.15, -0.1) is 0 Å². The molecular formula is C14H20FNO2. The van der Waals surface area contributed by atoms with Crippen LogP contribution < -0.4 is 0 Å². The number of halogens is 1. The molecule has 0 unspecified atom stereocenters. The van der Waals surface area contributed by atoms with Gasteiger partial charge in [0.05, 0.1) is 5.56 Å². The lowest BCUT2D eigenvalue weighted by atomic mass is 10.0. The van der Waals surface area contributed by atoms with E-state index in [1.165, 1.54) is 18.2 Å². The molecule has 0 bridgehead atoms. The summed E-state index contributed by atoms with van der Waals surface area (Å²) in [5, 5.41) is 9.08. The van der Waals surface area contributed by atoms with Crippen LogP contribution in [0.25, 0.3) is 0 Å². The molecular weight excluding hydrogens is 233 g/mol. The Morgan fingerprint density at radius 3 is 2.50 bits per heavy atom. The van der Waals surface area contributed by atoms with Gasteiger partial charge in [-0.25, -0.2) is 9.18 Å². The maximum Gasteiger partial charge on any atom is 0.336 e. The van der Waals surface area contributed by atoms with Crippen molar-refractivity contribution in [2.75, 3.05) is 7.05 Å². The van der Waals surface area contributed by atoms with Gasteiger partial charge >= 0.3 is 5.97 Å². The first-order valence-electron chi connectivity index (χ1n) is 6.21. The van der Waals surface area contributed by atoms with Gasteiger partial charge in [-0.05, 0) is 43.7 Å². The minimum Gasteiger partial charge on any atom is -0.478 e. The standard InChI is InChI=1S/C14H20FNO2/c1-4-12(5-2)16(3)9-10-8-11(15)6-7-13(10)14(17)18/h6-8,12H,4-5,9H2,1-3H3,(H,17,18). The van der Waals surface area contributed by atoms with Crippen LogP contribution in [0, 0.1) is 5.82 Å². The molecule has 1 aromatic rings. The highest BCUT2D eigenvalue weighted by molar-refractivity contribution is 5.89. The molecule has 1 aromatic carbocycles. The van der Waals surface area contributed by atoms with Crippen LogP contribution in [-0.2, 0) is 6.54 Å². The van der Waals surface area contributed by atoms with Crippen LogP contribution in [-0.4, -0.2) is 29.1 Å². The van der Waals surface area contributed by atoms with E-state index in [1.54, 1.807) is 0 Å². The second kappa shape index (κ2) is 6.50. The number of hydrogen-bond donors (Lipinski definition) is 1. The first-order chi connectivity index (χ1) is 8.49. The van der Waals surface area contributed by atoms with Gasteiger partial charge in [-0.2, -0.15) is 0 Å². The van der Waals surface area contributed by atoms with E-state index in [2.05, 4.69) is 18.7 Å². The summed E-state index contributed by atoms with van der Waals surface area (Å²) in [5.74, 6) is -1.41. The summed E-state index contributed by atoms with van der Waals surface area (Å²) in [7, 11) is 1.94. The fourth-order valence-electron chi connectivity index (χ4n) is 2.21. The van der Waals surface area contributed by atoms with Gasteiger partial charge in [0.1, 0.15) is 5.82 Å². The highest BCUT2D eigenvalue weighted by Gasteiger charge is 2.16. The molecule has 0 radical (unpaired) electrons. The fourth-order valence-corrected chi connectivity index (χ4v) is 2.21. The molecule has 0 saturated carbocycles. The van der Waals surface area contributed by atoms with Crippen molar-refractivity contribution in [3.63, 3.8) is 0 Å². The van der Waals surface area contributed by atoms with Crippen LogP contribution in [0.15, 0.2) is 18.2 Å². The summed E-state index contributed by atoms with van der Waals surface area (Å²) >= 11 is 0. The van der Waals surface area contributed by atoms with Crippen LogP contribution in [0.1, 0.15) is 42.6 Å². The number of carboxylic acids is 1. The van der Waals surface area contributed by atoms with Crippen molar-refractivity contribution in [3.8, 4) is 0 Å². The van der Waals surface area contributed by atoms with E-state index in [0.29, 0.717) is 18.2 Å². The normalized spacial score (nSPS) is 11.2. The van der Waals surface area contributed by atoms with Crippen molar-refractivity contribution in [2.24, 2.45) is 0 Å². The Morgan fingerprint density at radius 1 is 1.39 bits per heavy atom. The SMILES string of the molecule is CCC(CC)N(C)Cc1cc(F)ccc1C(=O)O. The minimum absolute atomic E-state index is 0.175. The second-order valence-corrected chi connectivity index (χ2v) is 4.49. The van der Waals surface area contributed by atoms with Crippen LogP contribution in [0.3, 0.4) is 0 Å². The molecule has 0 atom stereocenters. The van der Waals surface area contributed by atoms with Crippen molar-refractivity contribution in [1.29, 1.82) is 0 Å². The van der Waals surface area contributed by atoms with Crippen LogP contribution >= 0.6 is 0 Å². The number of rotatable bonds is 6. The zero-order chi connectivity index (χ0) is 13.7. The zero-order valence-electron chi connectivity index (χ0n) is 11.1. The third-order valence-corrected chi connectivity index (χ3v) is 3.28. The fraction of sp³-hybridized carbons (Fsp3) is 0.500. The van der Waals surface area contributed by atoms with Crippen LogP contribution in [0.4, 0.5) is 4.39 Å². The lowest BCUT2D eigenvalue weighted by Crippen LogP contribution is -2.30. The van der Waals surface area contributed by atoms with Gasteiger partial charge in [0.15, 0.2) is 0 Å². The van der Waals surface area contributed by atoms with Gasteiger partial charge in [0.2, 0.25) is 0 Å². The smallest absolute Gasteiger partial charge is 0.336 e. The Hall–Kier alpha value is -1.42. The van der Waals surface area contributed by atoms with E-state index in [4.69, 9.17) is 5.11 Å². The van der Waals surface area contributed by atoms with Crippen molar-refractivity contribution >= 4 is 5.97 Å². The number of benzene rings is 1. The number of aromatic carboxylic acids is 1. The van der Waals surface area contributed by atoms with E-state index in [0.717, 1.165) is 12.8 Å². The monoisotopic (exact) mass is 253 g/mol. The number of carboxylic acid groups (broad SMARTS) is 1. The first-order valence-corrected chi connectivity index (χ1v) is 6.21. The third-order valence-electron chi connectivity index (χ3n) is 3.28. The molecule has 0 aliphatic carbocycles. The molecule has 100 valence electrons. The Morgan fingerprint density at radius 2 is 2.00 bits per heavy atom. The Bertz CT molecular complexity index is 416. The van der Waals surface area contributed by atoms with Gasteiger partial charge in [0.25, 0.3) is 0 Å². The third kappa shape index (κ3) is 3.53. The molecule has 0 amide bonds. The number of hydrogen-bond acceptors (Lipinski definition) is 2.